The molecule has 6 heteroatoms. The molecule has 0 atom stereocenters. The molecular formula is C18H21Cl2N3O. The minimum Gasteiger partial charge on any atom is -0.490 e. The maximum absolute atomic E-state index is 6.44. The third-order valence-corrected chi connectivity index (χ3v) is 5.38. The number of aromatic nitrogens is 2. The summed E-state index contributed by atoms with van der Waals surface area (Å²) in [6.45, 7) is 6.97. The number of rotatable bonds is 4. The molecule has 4 heterocycles. The summed E-state index contributed by atoms with van der Waals surface area (Å²) in [5.74, 6) is 1.58. The second-order valence-corrected chi connectivity index (χ2v) is 7.88. The largest absolute Gasteiger partial charge is 0.490 e. The summed E-state index contributed by atoms with van der Waals surface area (Å²) >= 11 is 12.9. The van der Waals surface area contributed by atoms with E-state index in [0.29, 0.717) is 34.2 Å². The number of ether oxygens (including phenoxy) is 1. The van der Waals surface area contributed by atoms with Gasteiger partial charge in [0.25, 0.3) is 0 Å². The van der Waals surface area contributed by atoms with Crippen LogP contribution < -0.4 is 9.64 Å². The van der Waals surface area contributed by atoms with Gasteiger partial charge in [0.1, 0.15) is 5.69 Å². The molecule has 0 amide bonds. The van der Waals surface area contributed by atoms with Crippen LogP contribution in [0.1, 0.15) is 38.3 Å². The topological polar surface area (TPSA) is 41.1 Å². The molecule has 3 aliphatic rings. The number of hydrogen-bond donors (Lipinski definition) is 1. The Hall–Kier alpha value is -1.39. The van der Waals surface area contributed by atoms with Gasteiger partial charge in [-0.15, -0.1) is 0 Å². The average Bonchev–Trinajstić information content (AvgIpc) is 3.02. The fraction of sp³-hybridized carbons (Fsp3) is 0.500. The van der Waals surface area contributed by atoms with E-state index in [1.54, 1.807) is 0 Å². The summed E-state index contributed by atoms with van der Waals surface area (Å²) in [6.07, 6.45) is 2.41. The Morgan fingerprint density at radius 3 is 2.54 bits per heavy atom. The molecule has 1 saturated heterocycles. The van der Waals surface area contributed by atoms with Crippen molar-refractivity contribution in [1.29, 1.82) is 0 Å². The Labute approximate surface area is 152 Å². The van der Waals surface area contributed by atoms with E-state index in [9.17, 15) is 0 Å². The molecule has 128 valence electrons. The summed E-state index contributed by atoms with van der Waals surface area (Å²) in [6, 6.07) is 3.81. The maximum atomic E-state index is 6.44. The van der Waals surface area contributed by atoms with Crippen LogP contribution in [0.4, 0.5) is 5.69 Å². The lowest BCUT2D eigenvalue weighted by molar-refractivity contribution is 0.271. The van der Waals surface area contributed by atoms with Crippen LogP contribution in [0.5, 0.6) is 5.75 Å². The Bertz CT molecular complexity index is 741. The second-order valence-electron chi connectivity index (χ2n) is 7.07. The van der Waals surface area contributed by atoms with Crippen molar-refractivity contribution < 1.29 is 4.74 Å². The highest BCUT2D eigenvalue weighted by atomic mass is 35.5. The number of nitrogens with zero attached hydrogens (tertiary/aromatic N) is 2. The first-order valence-corrected chi connectivity index (χ1v) is 9.25. The minimum atomic E-state index is 0.415. The van der Waals surface area contributed by atoms with Gasteiger partial charge in [0.05, 0.1) is 28.0 Å². The zero-order chi connectivity index (χ0) is 16.8. The van der Waals surface area contributed by atoms with E-state index in [-0.39, 0.29) is 0 Å². The van der Waals surface area contributed by atoms with E-state index in [1.807, 2.05) is 12.1 Å². The maximum Gasteiger partial charge on any atom is 0.156 e. The predicted octanol–water partition coefficient (Wildman–Crippen LogP) is 5.12. The van der Waals surface area contributed by atoms with Gasteiger partial charge in [0.15, 0.2) is 5.75 Å². The molecule has 1 fully saturated rings. The van der Waals surface area contributed by atoms with E-state index in [0.717, 1.165) is 24.3 Å². The molecule has 24 heavy (non-hydrogen) atoms. The van der Waals surface area contributed by atoms with Gasteiger partial charge in [-0.2, -0.15) is 5.10 Å². The third-order valence-electron chi connectivity index (χ3n) is 4.82. The van der Waals surface area contributed by atoms with Crippen LogP contribution in [-0.2, 0) is 0 Å². The number of aromatic amines is 1. The van der Waals surface area contributed by atoms with Crippen LogP contribution in [0.15, 0.2) is 12.1 Å². The monoisotopic (exact) mass is 365 g/mol. The molecule has 0 unspecified atom stereocenters. The van der Waals surface area contributed by atoms with Gasteiger partial charge in [-0.1, -0.05) is 37.0 Å². The van der Waals surface area contributed by atoms with Crippen molar-refractivity contribution in [3.63, 3.8) is 0 Å². The van der Waals surface area contributed by atoms with Gasteiger partial charge in [0.2, 0.25) is 0 Å². The molecule has 1 aromatic carbocycles. The first-order valence-electron chi connectivity index (χ1n) is 8.50. The summed E-state index contributed by atoms with van der Waals surface area (Å²) in [4.78, 5) is 2.42. The van der Waals surface area contributed by atoms with E-state index >= 15 is 0 Å². The molecule has 1 aromatic heterocycles. The lowest BCUT2D eigenvalue weighted by Gasteiger charge is -2.40. The van der Waals surface area contributed by atoms with Crippen LogP contribution in [0.25, 0.3) is 11.3 Å². The smallest absolute Gasteiger partial charge is 0.156 e. The molecule has 0 saturated carbocycles. The van der Waals surface area contributed by atoms with Crippen molar-refractivity contribution in [3.05, 3.63) is 27.9 Å². The number of halogens is 2. The average molecular weight is 366 g/mol. The van der Waals surface area contributed by atoms with Gasteiger partial charge in [-0.25, -0.2) is 0 Å². The third kappa shape index (κ3) is 2.66. The van der Waals surface area contributed by atoms with Gasteiger partial charge in [-0.05, 0) is 30.9 Å². The molecule has 3 aliphatic heterocycles. The molecule has 1 N–H and O–H groups in total. The van der Waals surface area contributed by atoms with E-state index < -0.39 is 0 Å². The summed E-state index contributed by atoms with van der Waals surface area (Å²) in [5, 5.41) is 8.88. The van der Waals surface area contributed by atoms with Crippen molar-refractivity contribution in [2.45, 2.75) is 32.6 Å². The van der Waals surface area contributed by atoms with Gasteiger partial charge >= 0.3 is 0 Å². The minimum absolute atomic E-state index is 0.415. The van der Waals surface area contributed by atoms with Crippen molar-refractivity contribution in [1.82, 2.24) is 10.2 Å². The van der Waals surface area contributed by atoms with E-state index in [1.165, 1.54) is 24.2 Å². The molecule has 0 spiro atoms. The molecular weight excluding hydrogens is 345 g/mol. The molecule has 4 nitrogen and oxygen atoms in total. The summed E-state index contributed by atoms with van der Waals surface area (Å²) < 4.78 is 5.76. The van der Waals surface area contributed by atoms with Crippen LogP contribution in [0, 0.1) is 5.92 Å². The van der Waals surface area contributed by atoms with Crippen LogP contribution in [0.3, 0.4) is 0 Å². The first kappa shape index (κ1) is 16.1. The zero-order valence-corrected chi connectivity index (χ0v) is 15.4. The molecule has 0 aliphatic carbocycles. The number of fused-ring (bicyclic) bond motifs is 2. The number of nitrogens with one attached hydrogen (secondary N) is 1. The standard InChI is InChI=1S/C18H21Cl2N3O/c1-10(2)9-24-18-13(19)7-12(8-14(18)20)16-17-15(21-22-16)11-3-5-23(17)6-4-11/h7-8,10-11H,3-6,9H2,1-2H3,(H,21,22). The lowest BCUT2D eigenvalue weighted by Crippen LogP contribution is -2.38. The van der Waals surface area contributed by atoms with Crippen molar-refractivity contribution in [3.8, 4) is 17.0 Å². The van der Waals surface area contributed by atoms with Gasteiger partial charge < -0.3 is 9.64 Å². The molecule has 2 bridgehead atoms. The second kappa shape index (κ2) is 6.16. The zero-order valence-electron chi connectivity index (χ0n) is 13.9. The first-order chi connectivity index (χ1) is 11.5. The van der Waals surface area contributed by atoms with Crippen LogP contribution in [-0.4, -0.2) is 29.9 Å². The number of hydrogen-bond acceptors (Lipinski definition) is 3. The van der Waals surface area contributed by atoms with Crippen LogP contribution >= 0.6 is 23.2 Å². The normalized spacial score (nSPS) is 16.8. The Morgan fingerprint density at radius 2 is 1.92 bits per heavy atom. The van der Waals surface area contributed by atoms with Crippen molar-refractivity contribution >= 4 is 28.9 Å². The quantitative estimate of drug-likeness (QED) is 0.817. The summed E-state index contributed by atoms with van der Waals surface area (Å²) in [5.41, 5.74) is 4.36. The molecule has 2 aromatic rings. The molecule has 5 rings (SSSR count). The fourth-order valence-electron chi connectivity index (χ4n) is 3.63. The Balaban J connectivity index is 1.71. The lowest BCUT2D eigenvalue weighted by atomic mass is 9.86. The SMILES string of the molecule is CC(C)COc1c(Cl)cc(-c2n[nH]c3c2N2CCC3CC2)cc1Cl. The Morgan fingerprint density at radius 1 is 1.25 bits per heavy atom. The van der Waals surface area contributed by atoms with Crippen molar-refractivity contribution in [2.75, 3.05) is 24.6 Å². The number of piperidine rings is 1. The number of anilines is 1. The Kier molecular flexibility index (Phi) is 4.13. The van der Waals surface area contributed by atoms with Gasteiger partial charge in [0, 0.05) is 24.6 Å². The highest BCUT2D eigenvalue weighted by Crippen LogP contribution is 2.47. The van der Waals surface area contributed by atoms with Gasteiger partial charge in [-0.3, -0.25) is 5.10 Å². The molecule has 0 radical (unpaired) electrons. The predicted molar refractivity (Wildman–Crippen MR) is 98.6 cm³/mol. The number of H-pyrrole nitrogens is 1. The van der Waals surface area contributed by atoms with Crippen molar-refractivity contribution in [2.24, 2.45) is 5.92 Å². The number of benzene rings is 1. The fourth-order valence-corrected chi connectivity index (χ4v) is 4.23. The summed E-state index contributed by atoms with van der Waals surface area (Å²) in [7, 11) is 0. The highest BCUT2D eigenvalue weighted by molar-refractivity contribution is 6.37. The van der Waals surface area contributed by atoms with Crippen LogP contribution in [0.2, 0.25) is 10.0 Å². The van der Waals surface area contributed by atoms with E-state index in [2.05, 4.69) is 28.9 Å². The highest BCUT2D eigenvalue weighted by Gasteiger charge is 2.35. The van der Waals surface area contributed by atoms with E-state index in [4.69, 9.17) is 27.9 Å².